The smallest absolute Gasteiger partial charge is 0.124 e. The Morgan fingerprint density at radius 1 is 1.08 bits per heavy atom. The summed E-state index contributed by atoms with van der Waals surface area (Å²) in [4.78, 5) is 2.29. The van der Waals surface area contributed by atoms with Gasteiger partial charge in [0, 0.05) is 26.3 Å². The van der Waals surface area contributed by atoms with E-state index in [2.05, 4.69) is 60.4 Å². The van der Waals surface area contributed by atoms with E-state index in [9.17, 15) is 0 Å². The highest BCUT2D eigenvalue weighted by atomic mass is 16.5. The molecule has 0 saturated heterocycles. The molecule has 3 aromatic rings. The number of likely N-dealkylation sites (N-methyl/N-ethyl adjacent to an activating group) is 1. The Bertz CT molecular complexity index is 813. The fraction of sp³-hybridized carbons (Fsp3) is 0.318. The van der Waals surface area contributed by atoms with E-state index in [0.29, 0.717) is 6.61 Å². The first-order valence-corrected chi connectivity index (χ1v) is 9.02. The fourth-order valence-electron chi connectivity index (χ4n) is 3.15. The molecule has 0 bridgehead atoms. The van der Waals surface area contributed by atoms with Gasteiger partial charge < -0.3 is 4.74 Å². The molecule has 1 atom stereocenters. The molecule has 0 N–H and O–H groups in total. The van der Waals surface area contributed by atoms with Crippen LogP contribution in [0.2, 0.25) is 0 Å². The fourth-order valence-corrected chi connectivity index (χ4v) is 3.15. The van der Waals surface area contributed by atoms with Gasteiger partial charge in [0.1, 0.15) is 6.10 Å². The van der Waals surface area contributed by atoms with Crippen molar-refractivity contribution in [1.29, 1.82) is 0 Å². The van der Waals surface area contributed by atoms with Crippen LogP contribution in [0.5, 0.6) is 0 Å². The highest BCUT2D eigenvalue weighted by Crippen LogP contribution is 2.25. The Morgan fingerprint density at radius 2 is 1.88 bits per heavy atom. The van der Waals surface area contributed by atoms with Crippen LogP contribution in [0, 0.1) is 6.92 Å². The van der Waals surface area contributed by atoms with E-state index in [0.717, 1.165) is 24.3 Å². The maximum Gasteiger partial charge on any atom is 0.124 e. The molecule has 0 fully saturated rings. The van der Waals surface area contributed by atoms with Gasteiger partial charge in [0.15, 0.2) is 0 Å². The second kappa shape index (κ2) is 8.79. The Balaban J connectivity index is 1.61. The van der Waals surface area contributed by atoms with Gasteiger partial charge in [-0.25, -0.2) is 0 Å². The molecular weight excluding hydrogens is 322 g/mol. The largest absolute Gasteiger partial charge is 0.366 e. The third-order valence-corrected chi connectivity index (χ3v) is 4.52. The van der Waals surface area contributed by atoms with Gasteiger partial charge in [0.05, 0.1) is 12.3 Å². The summed E-state index contributed by atoms with van der Waals surface area (Å²) >= 11 is 0. The van der Waals surface area contributed by atoms with E-state index < -0.39 is 0 Å². The molecule has 0 amide bonds. The van der Waals surface area contributed by atoms with Gasteiger partial charge in [-0.15, -0.1) is 0 Å². The monoisotopic (exact) mass is 349 g/mol. The number of hydrogen-bond acceptors (Lipinski definition) is 3. The van der Waals surface area contributed by atoms with Gasteiger partial charge in [0.2, 0.25) is 0 Å². The van der Waals surface area contributed by atoms with E-state index in [1.54, 1.807) is 0 Å². The predicted octanol–water partition coefficient (Wildman–Crippen LogP) is 3.97. The van der Waals surface area contributed by atoms with Gasteiger partial charge in [-0.3, -0.25) is 9.58 Å². The third-order valence-electron chi connectivity index (χ3n) is 4.52. The minimum Gasteiger partial charge on any atom is -0.366 e. The highest BCUT2D eigenvalue weighted by Gasteiger charge is 2.18. The summed E-state index contributed by atoms with van der Waals surface area (Å²) in [6, 6.07) is 21.0. The standard InChI is InChI=1S/C22H27N3O/c1-18-8-7-9-19(16-18)17-24(2)14-15-26-22(20-10-5-4-6-11-20)21-12-13-23-25(21)3/h4-13,16,22H,14-15,17H2,1-3H3. The summed E-state index contributed by atoms with van der Waals surface area (Å²) in [5.74, 6) is 0. The van der Waals surface area contributed by atoms with Crippen molar-refractivity contribution in [2.75, 3.05) is 20.2 Å². The number of rotatable bonds is 8. The zero-order valence-corrected chi connectivity index (χ0v) is 15.8. The van der Waals surface area contributed by atoms with Gasteiger partial charge in [-0.1, -0.05) is 60.2 Å². The van der Waals surface area contributed by atoms with Crippen molar-refractivity contribution in [1.82, 2.24) is 14.7 Å². The minimum absolute atomic E-state index is 0.101. The molecule has 1 unspecified atom stereocenters. The van der Waals surface area contributed by atoms with Crippen molar-refractivity contribution in [3.8, 4) is 0 Å². The van der Waals surface area contributed by atoms with Crippen molar-refractivity contribution in [2.45, 2.75) is 19.6 Å². The van der Waals surface area contributed by atoms with Crippen molar-refractivity contribution >= 4 is 0 Å². The van der Waals surface area contributed by atoms with Gasteiger partial charge in [0.25, 0.3) is 0 Å². The molecule has 0 aliphatic carbocycles. The van der Waals surface area contributed by atoms with Crippen LogP contribution in [0.25, 0.3) is 0 Å². The molecule has 0 saturated carbocycles. The van der Waals surface area contributed by atoms with Crippen LogP contribution in [0.4, 0.5) is 0 Å². The molecule has 4 heteroatoms. The predicted molar refractivity (Wildman–Crippen MR) is 105 cm³/mol. The summed E-state index contributed by atoms with van der Waals surface area (Å²) in [7, 11) is 4.09. The average Bonchev–Trinajstić information content (AvgIpc) is 3.05. The summed E-state index contributed by atoms with van der Waals surface area (Å²) < 4.78 is 8.17. The van der Waals surface area contributed by atoms with Crippen LogP contribution in [0.1, 0.15) is 28.5 Å². The molecule has 26 heavy (non-hydrogen) atoms. The van der Waals surface area contributed by atoms with Crippen LogP contribution in [-0.4, -0.2) is 34.9 Å². The molecule has 136 valence electrons. The van der Waals surface area contributed by atoms with E-state index >= 15 is 0 Å². The van der Waals surface area contributed by atoms with Crippen LogP contribution in [0.3, 0.4) is 0 Å². The van der Waals surface area contributed by atoms with E-state index in [-0.39, 0.29) is 6.10 Å². The molecule has 1 heterocycles. The first-order valence-electron chi connectivity index (χ1n) is 9.02. The second-order valence-corrected chi connectivity index (χ2v) is 6.77. The normalized spacial score (nSPS) is 12.5. The van der Waals surface area contributed by atoms with Gasteiger partial charge in [-0.2, -0.15) is 5.10 Å². The molecule has 0 aliphatic heterocycles. The zero-order valence-electron chi connectivity index (χ0n) is 15.8. The molecule has 3 rings (SSSR count). The summed E-state index contributed by atoms with van der Waals surface area (Å²) in [6.07, 6.45) is 1.72. The average molecular weight is 349 g/mol. The van der Waals surface area contributed by atoms with Crippen molar-refractivity contribution in [3.05, 3.63) is 89.2 Å². The minimum atomic E-state index is -0.101. The van der Waals surface area contributed by atoms with Crippen LogP contribution < -0.4 is 0 Å². The molecule has 2 aromatic carbocycles. The number of aromatic nitrogens is 2. The van der Waals surface area contributed by atoms with Crippen molar-refractivity contribution in [3.63, 3.8) is 0 Å². The summed E-state index contributed by atoms with van der Waals surface area (Å²) in [6.45, 7) is 4.58. The van der Waals surface area contributed by atoms with E-state index in [1.807, 2.05) is 42.2 Å². The SMILES string of the molecule is Cc1cccc(CN(C)CCOC(c2ccccc2)c2ccnn2C)c1. The second-order valence-electron chi connectivity index (χ2n) is 6.77. The lowest BCUT2D eigenvalue weighted by atomic mass is 10.1. The van der Waals surface area contributed by atoms with Gasteiger partial charge >= 0.3 is 0 Å². The molecule has 0 spiro atoms. The molecule has 0 aliphatic rings. The topological polar surface area (TPSA) is 30.3 Å². The molecule has 0 radical (unpaired) electrons. The number of hydrogen-bond donors (Lipinski definition) is 0. The Hall–Kier alpha value is -2.43. The Labute approximate surface area is 156 Å². The lowest BCUT2D eigenvalue weighted by molar-refractivity contribution is 0.0589. The maximum atomic E-state index is 6.28. The first kappa shape index (κ1) is 18.4. The number of aryl methyl sites for hydroxylation is 2. The van der Waals surface area contributed by atoms with Crippen LogP contribution in [-0.2, 0) is 18.3 Å². The summed E-state index contributed by atoms with van der Waals surface area (Å²) in [5, 5.41) is 4.30. The van der Waals surface area contributed by atoms with Crippen molar-refractivity contribution in [2.24, 2.45) is 7.05 Å². The van der Waals surface area contributed by atoms with Gasteiger partial charge in [-0.05, 0) is 31.2 Å². The number of nitrogens with zero attached hydrogens (tertiary/aromatic N) is 3. The number of benzene rings is 2. The summed E-state index contributed by atoms with van der Waals surface area (Å²) in [5.41, 5.74) is 4.85. The quantitative estimate of drug-likeness (QED) is 0.616. The van der Waals surface area contributed by atoms with Crippen molar-refractivity contribution < 1.29 is 4.74 Å². The van der Waals surface area contributed by atoms with Crippen LogP contribution >= 0.6 is 0 Å². The maximum absolute atomic E-state index is 6.28. The first-order chi connectivity index (χ1) is 12.6. The van der Waals surface area contributed by atoms with E-state index in [1.165, 1.54) is 11.1 Å². The molecule has 1 aromatic heterocycles. The lowest BCUT2D eigenvalue weighted by Crippen LogP contribution is -2.24. The lowest BCUT2D eigenvalue weighted by Gasteiger charge is -2.22. The Kier molecular flexibility index (Phi) is 6.21. The highest BCUT2D eigenvalue weighted by molar-refractivity contribution is 5.25. The number of ether oxygens (including phenoxy) is 1. The third kappa shape index (κ3) is 4.81. The van der Waals surface area contributed by atoms with Crippen LogP contribution in [0.15, 0.2) is 66.9 Å². The van der Waals surface area contributed by atoms with E-state index in [4.69, 9.17) is 4.74 Å². The molecule has 4 nitrogen and oxygen atoms in total. The zero-order chi connectivity index (χ0) is 18.4. The molecular formula is C22H27N3O. The Morgan fingerprint density at radius 3 is 2.58 bits per heavy atom.